The van der Waals surface area contributed by atoms with Crippen molar-refractivity contribution in [3.63, 3.8) is 0 Å². The summed E-state index contributed by atoms with van der Waals surface area (Å²) < 4.78 is 0.718. The van der Waals surface area contributed by atoms with Gasteiger partial charge in [-0.15, -0.1) is 11.3 Å². The van der Waals surface area contributed by atoms with Gasteiger partial charge in [0.1, 0.15) is 5.52 Å². The van der Waals surface area contributed by atoms with E-state index < -0.39 is 0 Å². The Kier molecular flexibility index (Phi) is 5.22. The molecule has 0 atom stereocenters. The molecule has 6 heterocycles. The molecule has 1 amide bonds. The van der Waals surface area contributed by atoms with E-state index in [0.29, 0.717) is 34.1 Å². The lowest BCUT2D eigenvalue weighted by Gasteiger charge is -2.24. The second-order valence-corrected chi connectivity index (χ2v) is 10.7. The molecule has 0 aliphatic heterocycles. The van der Waals surface area contributed by atoms with Crippen molar-refractivity contribution < 1.29 is 4.79 Å². The lowest BCUT2D eigenvalue weighted by Crippen LogP contribution is -2.28. The minimum atomic E-state index is 0.0495. The first kappa shape index (κ1) is 22.1. The number of fused-ring (bicyclic) bond motifs is 2. The molecule has 3 N–H and O–H groups in total. The highest BCUT2D eigenvalue weighted by molar-refractivity contribution is 7.19. The van der Waals surface area contributed by atoms with E-state index in [-0.39, 0.29) is 11.8 Å². The molecule has 1 aliphatic carbocycles. The van der Waals surface area contributed by atoms with Crippen molar-refractivity contribution in [2.45, 2.75) is 19.3 Å². The summed E-state index contributed by atoms with van der Waals surface area (Å²) in [5.41, 5.74) is 6.57. The molecule has 0 radical (unpaired) electrons. The summed E-state index contributed by atoms with van der Waals surface area (Å²) >= 11 is 7.66. The van der Waals surface area contributed by atoms with Crippen molar-refractivity contribution in [2.24, 2.45) is 5.92 Å². The molecule has 0 bridgehead atoms. The van der Waals surface area contributed by atoms with Crippen LogP contribution in [0.4, 0.5) is 5.69 Å². The van der Waals surface area contributed by atoms with E-state index in [1.165, 1.54) is 11.3 Å². The molecule has 9 nitrogen and oxygen atoms in total. The molecule has 0 unspecified atom stereocenters. The Hall–Kier alpha value is -4.15. The Morgan fingerprint density at radius 3 is 2.84 bits per heavy atom. The number of hydrogen-bond acceptors (Lipinski definition) is 7. The average Bonchev–Trinajstić information content (AvgIpc) is 3.60. The van der Waals surface area contributed by atoms with Crippen LogP contribution in [-0.2, 0) is 4.79 Å². The van der Waals surface area contributed by atoms with Crippen LogP contribution in [0.1, 0.15) is 19.3 Å². The van der Waals surface area contributed by atoms with Crippen LogP contribution in [-0.4, -0.2) is 41.0 Å². The number of halogens is 1. The number of anilines is 1. The van der Waals surface area contributed by atoms with Gasteiger partial charge in [-0.3, -0.25) is 14.9 Å². The van der Waals surface area contributed by atoms with E-state index in [1.807, 2.05) is 36.4 Å². The van der Waals surface area contributed by atoms with Crippen molar-refractivity contribution >= 4 is 56.7 Å². The highest BCUT2D eigenvalue weighted by atomic mass is 35.5. The number of rotatable bonds is 5. The monoisotopic (exact) mass is 526 g/mol. The van der Waals surface area contributed by atoms with Gasteiger partial charge in [0.25, 0.3) is 0 Å². The van der Waals surface area contributed by atoms with E-state index in [1.54, 1.807) is 18.6 Å². The Morgan fingerprint density at radius 1 is 1.11 bits per heavy atom. The van der Waals surface area contributed by atoms with Gasteiger partial charge in [0.05, 0.1) is 32.9 Å². The number of carbonyl (C=O) groups excluding carboxylic acids is 1. The van der Waals surface area contributed by atoms with Crippen LogP contribution in [0, 0.1) is 5.92 Å². The summed E-state index contributed by atoms with van der Waals surface area (Å²) in [7, 11) is 0. The fourth-order valence-corrected chi connectivity index (χ4v) is 5.55. The smallest absolute Gasteiger partial charge is 0.227 e. The van der Waals surface area contributed by atoms with Crippen LogP contribution in [0.3, 0.4) is 0 Å². The van der Waals surface area contributed by atoms with Gasteiger partial charge in [-0.25, -0.2) is 15.0 Å². The largest absolute Gasteiger partial charge is 0.335 e. The summed E-state index contributed by atoms with van der Waals surface area (Å²) in [5, 5.41) is 10.5. The van der Waals surface area contributed by atoms with Crippen molar-refractivity contribution in [2.75, 3.05) is 5.32 Å². The topological polar surface area (TPSA) is 125 Å². The Bertz CT molecular complexity index is 1800. The number of nitrogens with zero attached hydrogens (tertiary/aromatic N) is 5. The highest BCUT2D eigenvalue weighted by Gasteiger charge is 2.25. The minimum absolute atomic E-state index is 0.0495. The molecule has 1 saturated carbocycles. The number of aromatic nitrogens is 7. The van der Waals surface area contributed by atoms with Crippen molar-refractivity contribution in [1.29, 1.82) is 0 Å². The minimum Gasteiger partial charge on any atom is -0.335 e. The first-order valence-corrected chi connectivity index (χ1v) is 13.0. The SMILES string of the molecule is O=C(Nc1cncc(-c2ccc3[nH]nc(-c4nc5nccc(-c6ccc(Cl)s6)c5[nH]4)c3n2)c1)C1CCC1. The van der Waals surface area contributed by atoms with Crippen molar-refractivity contribution in [1.82, 2.24) is 35.1 Å². The Labute approximate surface area is 219 Å². The average molecular weight is 527 g/mol. The number of imidazole rings is 1. The van der Waals surface area contributed by atoms with Gasteiger partial charge in [0.15, 0.2) is 17.2 Å². The summed E-state index contributed by atoms with van der Waals surface area (Å²) in [5.74, 6) is 0.712. The zero-order chi connectivity index (χ0) is 24.9. The maximum absolute atomic E-state index is 12.4. The number of nitrogens with one attached hydrogen (secondary N) is 3. The number of amides is 1. The van der Waals surface area contributed by atoms with Crippen LogP contribution < -0.4 is 5.32 Å². The predicted molar refractivity (Wildman–Crippen MR) is 144 cm³/mol. The number of pyridine rings is 3. The number of hydrogen-bond donors (Lipinski definition) is 3. The lowest BCUT2D eigenvalue weighted by molar-refractivity contribution is -0.122. The zero-order valence-electron chi connectivity index (χ0n) is 19.3. The molecule has 6 aromatic heterocycles. The molecule has 0 saturated heterocycles. The first-order valence-electron chi connectivity index (χ1n) is 11.8. The maximum Gasteiger partial charge on any atom is 0.227 e. The third-order valence-corrected chi connectivity index (χ3v) is 7.90. The van der Waals surface area contributed by atoms with E-state index >= 15 is 0 Å². The molecule has 0 spiro atoms. The first-order chi connectivity index (χ1) is 18.1. The number of carbonyl (C=O) groups is 1. The van der Waals surface area contributed by atoms with Gasteiger partial charge in [-0.1, -0.05) is 18.0 Å². The summed E-state index contributed by atoms with van der Waals surface area (Å²) in [6.45, 7) is 0. The van der Waals surface area contributed by atoms with Gasteiger partial charge >= 0.3 is 0 Å². The molecule has 7 rings (SSSR count). The number of aromatic amines is 2. The van der Waals surface area contributed by atoms with E-state index in [9.17, 15) is 4.79 Å². The third kappa shape index (κ3) is 3.94. The standard InChI is InChI=1S/C26H19ClN8OS/c27-20-7-6-19(37-20)16-8-9-29-24-21(16)32-25(33-24)23-22-18(34-35-23)5-4-17(31-22)14-10-15(12-28-11-14)30-26(36)13-2-1-3-13/h4-13H,1-3H2,(H,30,36)(H,34,35)(H,29,32,33). The molecule has 1 fully saturated rings. The second kappa shape index (κ2) is 8.75. The molecule has 37 heavy (non-hydrogen) atoms. The molecular weight excluding hydrogens is 508 g/mol. The fraction of sp³-hybridized carbons (Fsp3) is 0.154. The van der Waals surface area contributed by atoms with Crippen LogP contribution in [0.5, 0.6) is 0 Å². The van der Waals surface area contributed by atoms with Crippen LogP contribution in [0.25, 0.3) is 55.4 Å². The maximum atomic E-state index is 12.4. The molecule has 6 aromatic rings. The van der Waals surface area contributed by atoms with Crippen LogP contribution in [0.15, 0.2) is 55.0 Å². The Morgan fingerprint density at radius 2 is 2.03 bits per heavy atom. The quantitative estimate of drug-likeness (QED) is 0.250. The summed E-state index contributed by atoms with van der Waals surface area (Å²) in [6, 6.07) is 11.5. The van der Waals surface area contributed by atoms with Gasteiger partial charge in [-0.05, 0) is 49.2 Å². The predicted octanol–water partition coefficient (Wildman–Crippen LogP) is 6.08. The lowest BCUT2D eigenvalue weighted by atomic mass is 9.85. The molecule has 11 heteroatoms. The zero-order valence-corrected chi connectivity index (χ0v) is 20.9. The third-order valence-electron chi connectivity index (χ3n) is 6.64. The van der Waals surface area contributed by atoms with Gasteiger partial charge in [0, 0.05) is 34.3 Å². The van der Waals surface area contributed by atoms with Crippen molar-refractivity contribution in [3.05, 3.63) is 59.3 Å². The molecule has 0 aromatic carbocycles. The van der Waals surface area contributed by atoms with Gasteiger partial charge < -0.3 is 10.3 Å². The highest BCUT2D eigenvalue weighted by Crippen LogP contribution is 2.36. The normalized spacial score (nSPS) is 13.8. The van der Waals surface area contributed by atoms with Crippen LogP contribution in [0.2, 0.25) is 4.34 Å². The fourth-order valence-electron chi connectivity index (χ4n) is 4.48. The van der Waals surface area contributed by atoms with E-state index in [2.05, 4.69) is 30.5 Å². The summed E-state index contributed by atoms with van der Waals surface area (Å²) in [4.78, 5) is 35.1. The van der Waals surface area contributed by atoms with Gasteiger partial charge in [-0.2, -0.15) is 5.10 Å². The second-order valence-electron chi connectivity index (χ2n) is 8.99. The van der Waals surface area contributed by atoms with E-state index in [4.69, 9.17) is 21.6 Å². The number of H-pyrrole nitrogens is 2. The molecular formula is C26H19ClN8OS. The Balaban J connectivity index is 1.26. The molecule has 182 valence electrons. The molecule has 1 aliphatic rings. The van der Waals surface area contributed by atoms with Crippen LogP contribution >= 0.6 is 22.9 Å². The van der Waals surface area contributed by atoms with Crippen molar-refractivity contribution in [3.8, 4) is 33.2 Å². The summed E-state index contributed by atoms with van der Waals surface area (Å²) in [6.07, 6.45) is 8.12. The number of thiophene rings is 1. The van der Waals surface area contributed by atoms with E-state index in [0.717, 1.165) is 50.6 Å². The van der Waals surface area contributed by atoms with Gasteiger partial charge in [0.2, 0.25) is 5.91 Å².